The zero-order valence-electron chi connectivity index (χ0n) is 11.4. The van der Waals surface area contributed by atoms with Crippen molar-refractivity contribution in [1.82, 2.24) is 25.5 Å². The summed E-state index contributed by atoms with van der Waals surface area (Å²) in [5.41, 5.74) is 0.543. The molecule has 0 aliphatic rings. The maximum atomic E-state index is 11.9. The second kappa shape index (κ2) is 6.47. The molecule has 2 rings (SSSR count). The number of carbonyl (C=O) groups is 1. The molecule has 1 heterocycles. The van der Waals surface area contributed by atoms with E-state index in [4.69, 9.17) is 11.6 Å². The van der Waals surface area contributed by atoms with Gasteiger partial charge in [-0.3, -0.25) is 4.79 Å². The van der Waals surface area contributed by atoms with Crippen LogP contribution in [0.5, 0.6) is 0 Å². The quantitative estimate of drug-likeness (QED) is 0.913. The predicted octanol–water partition coefficient (Wildman–Crippen LogP) is 1.88. The molecule has 1 amide bonds. The first-order valence-electron chi connectivity index (χ1n) is 6.38. The molecule has 0 atom stereocenters. The summed E-state index contributed by atoms with van der Waals surface area (Å²) >= 11 is 5.85. The zero-order valence-corrected chi connectivity index (χ0v) is 12.1. The Labute approximate surface area is 122 Å². The van der Waals surface area contributed by atoms with Gasteiger partial charge >= 0.3 is 0 Å². The number of benzene rings is 1. The van der Waals surface area contributed by atoms with Crippen molar-refractivity contribution in [1.29, 1.82) is 0 Å². The molecule has 1 N–H and O–H groups in total. The van der Waals surface area contributed by atoms with E-state index in [1.54, 1.807) is 28.9 Å². The smallest absolute Gasteiger partial charge is 0.251 e. The first-order chi connectivity index (χ1) is 9.58. The van der Waals surface area contributed by atoms with Gasteiger partial charge in [0.05, 0.1) is 6.04 Å². The molecule has 0 saturated carbocycles. The van der Waals surface area contributed by atoms with Crippen LogP contribution >= 0.6 is 11.6 Å². The summed E-state index contributed by atoms with van der Waals surface area (Å²) in [6.07, 6.45) is 0.581. The molecule has 20 heavy (non-hydrogen) atoms. The van der Waals surface area contributed by atoms with E-state index < -0.39 is 0 Å². The van der Waals surface area contributed by atoms with Crippen LogP contribution < -0.4 is 5.32 Å². The molecule has 0 radical (unpaired) electrons. The van der Waals surface area contributed by atoms with Crippen molar-refractivity contribution in [2.24, 2.45) is 0 Å². The van der Waals surface area contributed by atoms with Gasteiger partial charge in [0.2, 0.25) is 0 Å². The molecule has 0 aliphatic carbocycles. The number of tetrazole rings is 1. The van der Waals surface area contributed by atoms with Crippen LogP contribution in [0.1, 0.15) is 36.1 Å². The van der Waals surface area contributed by atoms with Gasteiger partial charge < -0.3 is 5.32 Å². The van der Waals surface area contributed by atoms with Crippen LogP contribution in [-0.2, 0) is 6.42 Å². The van der Waals surface area contributed by atoms with Crippen LogP contribution in [0.2, 0.25) is 5.02 Å². The minimum Gasteiger partial charge on any atom is -0.352 e. The Morgan fingerprint density at radius 3 is 2.95 bits per heavy atom. The average molecular weight is 294 g/mol. The Hall–Kier alpha value is -1.95. The third-order valence-electron chi connectivity index (χ3n) is 2.77. The standard InChI is InChI=1S/C13H16ClN5O/c1-9(2)19-12(16-17-18-19)6-7-15-13(20)10-4-3-5-11(14)8-10/h3-5,8-9H,6-7H2,1-2H3,(H,15,20). The monoisotopic (exact) mass is 293 g/mol. The third-order valence-corrected chi connectivity index (χ3v) is 3.01. The van der Waals surface area contributed by atoms with Crippen LogP contribution in [0.4, 0.5) is 0 Å². The Bertz CT molecular complexity index is 596. The summed E-state index contributed by atoms with van der Waals surface area (Å²) in [5, 5.41) is 14.9. The van der Waals surface area contributed by atoms with Gasteiger partial charge in [-0.2, -0.15) is 0 Å². The van der Waals surface area contributed by atoms with Gasteiger partial charge in [-0.1, -0.05) is 17.7 Å². The number of aromatic nitrogens is 4. The van der Waals surface area contributed by atoms with E-state index in [0.29, 0.717) is 23.6 Å². The minimum atomic E-state index is -0.156. The molecule has 106 valence electrons. The number of carbonyl (C=O) groups excluding carboxylic acids is 1. The molecular weight excluding hydrogens is 278 g/mol. The Kier molecular flexibility index (Phi) is 4.68. The lowest BCUT2D eigenvalue weighted by atomic mass is 10.2. The highest BCUT2D eigenvalue weighted by Gasteiger charge is 2.10. The Morgan fingerprint density at radius 1 is 1.45 bits per heavy atom. The van der Waals surface area contributed by atoms with E-state index in [0.717, 1.165) is 5.82 Å². The summed E-state index contributed by atoms with van der Waals surface area (Å²) < 4.78 is 1.74. The van der Waals surface area contributed by atoms with Gasteiger partial charge in [0.1, 0.15) is 0 Å². The third kappa shape index (κ3) is 3.54. The molecule has 0 aliphatic heterocycles. The number of nitrogens with one attached hydrogen (secondary N) is 1. The van der Waals surface area contributed by atoms with E-state index in [1.165, 1.54) is 0 Å². The van der Waals surface area contributed by atoms with E-state index in [9.17, 15) is 4.79 Å². The van der Waals surface area contributed by atoms with Crippen LogP contribution in [-0.4, -0.2) is 32.7 Å². The molecule has 0 bridgehead atoms. The maximum Gasteiger partial charge on any atom is 0.251 e. The van der Waals surface area contributed by atoms with Crippen molar-refractivity contribution >= 4 is 17.5 Å². The zero-order chi connectivity index (χ0) is 14.5. The van der Waals surface area contributed by atoms with Crippen LogP contribution in [0, 0.1) is 0 Å². The maximum absolute atomic E-state index is 11.9. The lowest BCUT2D eigenvalue weighted by Crippen LogP contribution is -2.26. The van der Waals surface area contributed by atoms with Gasteiger partial charge in [-0.15, -0.1) is 5.10 Å². The fourth-order valence-corrected chi connectivity index (χ4v) is 1.99. The van der Waals surface area contributed by atoms with Crippen molar-refractivity contribution < 1.29 is 4.79 Å². The highest BCUT2D eigenvalue weighted by Crippen LogP contribution is 2.10. The second-order valence-corrected chi connectivity index (χ2v) is 5.09. The summed E-state index contributed by atoms with van der Waals surface area (Å²) in [6, 6.07) is 7.03. The normalized spacial score (nSPS) is 10.8. The fraction of sp³-hybridized carbons (Fsp3) is 0.385. The lowest BCUT2D eigenvalue weighted by Gasteiger charge is -2.08. The number of nitrogens with zero attached hydrogens (tertiary/aromatic N) is 4. The van der Waals surface area contributed by atoms with Gasteiger partial charge in [0, 0.05) is 23.6 Å². The summed E-state index contributed by atoms with van der Waals surface area (Å²) in [5.74, 6) is 0.600. The summed E-state index contributed by atoms with van der Waals surface area (Å²) in [4.78, 5) is 11.9. The van der Waals surface area contributed by atoms with E-state index in [-0.39, 0.29) is 11.9 Å². The molecule has 0 spiro atoms. The molecular formula is C13H16ClN5O. The first kappa shape index (κ1) is 14.5. The Morgan fingerprint density at radius 2 is 2.25 bits per heavy atom. The molecule has 2 aromatic rings. The Balaban J connectivity index is 1.90. The van der Waals surface area contributed by atoms with E-state index >= 15 is 0 Å². The molecule has 1 aromatic carbocycles. The average Bonchev–Trinajstić information content (AvgIpc) is 2.87. The highest BCUT2D eigenvalue weighted by atomic mass is 35.5. The van der Waals surface area contributed by atoms with E-state index in [1.807, 2.05) is 13.8 Å². The van der Waals surface area contributed by atoms with Crippen molar-refractivity contribution in [2.75, 3.05) is 6.54 Å². The van der Waals surface area contributed by atoms with Gasteiger partial charge in [0.25, 0.3) is 5.91 Å². The van der Waals surface area contributed by atoms with Gasteiger partial charge in [-0.25, -0.2) is 4.68 Å². The van der Waals surface area contributed by atoms with Crippen molar-refractivity contribution in [2.45, 2.75) is 26.3 Å². The number of hydrogen-bond acceptors (Lipinski definition) is 4. The molecule has 0 unspecified atom stereocenters. The fourth-order valence-electron chi connectivity index (χ4n) is 1.80. The summed E-state index contributed by atoms with van der Waals surface area (Å²) in [6.45, 7) is 4.48. The number of halogens is 1. The summed E-state index contributed by atoms with van der Waals surface area (Å²) in [7, 11) is 0. The van der Waals surface area contributed by atoms with Crippen molar-refractivity contribution in [3.05, 3.63) is 40.7 Å². The topological polar surface area (TPSA) is 72.7 Å². The van der Waals surface area contributed by atoms with Crippen LogP contribution in [0.15, 0.2) is 24.3 Å². The number of amides is 1. The van der Waals surface area contributed by atoms with Crippen LogP contribution in [0.25, 0.3) is 0 Å². The molecule has 1 aromatic heterocycles. The SMILES string of the molecule is CC(C)n1nnnc1CCNC(=O)c1cccc(Cl)c1. The largest absolute Gasteiger partial charge is 0.352 e. The first-order valence-corrected chi connectivity index (χ1v) is 6.76. The lowest BCUT2D eigenvalue weighted by molar-refractivity contribution is 0.0954. The number of hydrogen-bond donors (Lipinski definition) is 1. The predicted molar refractivity (Wildman–Crippen MR) is 75.7 cm³/mol. The van der Waals surface area contributed by atoms with Gasteiger partial charge in [0.15, 0.2) is 5.82 Å². The van der Waals surface area contributed by atoms with Crippen LogP contribution in [0.3, 0.4) is 0 Å². The second-order valence-electron chi connectivity index (χ2n) is 4.65. The van der Waals surface area contributed by atoms with Crippen molar-refractivity contribution in [3.8, 4) is 0 Å². The molecule has 6 nitrogen and oxygen atoms in total. The number of rotatable bonds is 5. The van der Waals surface area contributed by atoms with E-state index in [2.05, 4.69) is 20.8 Å². The van der Waals surface area contributed by atoms with Gasteiger partial charge in [-0.05, 0) is 42.5 Å². The highest BCUT2D eigenvalue weighted by molar-refractivity contribution is 6.30. The molecule has 0 fully saturated rings. The molecule has 0 saturated heterocycles. The molecule has 7 heteroatoms. The minimum absolute atomic E-state index is 0.156. The van der Waals surface area contributed by atoms with Crippen molar-refractivity contribution in [3.63, 3.8) is 0 Å².